The maximum atomic E-state index is 11.3. The van der Waals surface area contributed by atoms with E-state index in [9.17, 15) is 4.79 Å². The lowest BCUT2D eigenvalue weighted by molar-refractivity contribution is -0.139. The number of carbonyl (C=O) groups is 1. The fourth-order valence-electron chi connectivity index (χ4n) is 2.16. The van der Waals surface area contributed by atoms with Gasteiger partial charge in [-0.05, 0) is 6.92 Å². The van der Waals surface area contributed by atoms with E-state index >= 15 is 0 Å². The van der Waals surface area contributed by atoms with Gasteiger partial charge in [-0.2, -0.15) is 0 Å². The lowest BCUT2D eigenvalue weighted by Crippen LogP contribution is -2.16. The monoisotopic (exact) mass is 311 g/mol. The highest BCUT2D eigenvalue weighted by atomic mass is 16.5. The van der Waals surface area contributed by atoms with Crippen LogP contribution in [-0.2, 0) is 16.0 Å². The number of aryl methyl sites for hydroxylation is 1. The summed E-state index contributed by atoms with van der Waals surface area (Å²) in [7, 11) is 1.38. The van der Waals surface area contributed by atoms with E-state index < -0.39 is 0 Å². The predicted octanol–water partition coefficient (Wildman–Crippen LogP) is 3.21. The van der Waals surface area contributed by atoms with Crippen LogP contribution in [0.3, 0.4) is 0 Å². The van der Waals surface area contributed by atoms with Crippen molar-refractivity contribution in [1.29, 1.82) is 0 Å². The van der Waals surface area contributed by atoms with Crippen LogP contribution in [0.4, 0.5) is 0 Å². The Morgan fingerprint density at radius 3 is 2.74 bits per heavy atom. The summed E-state index contributed by atoms with van der Waals surface area (Å²) in [5.74, 6) is 1.45. The SMILES string of the molecule is CCc1nccn1C(=N/C(C)=C\CC(=O)OC)c1ccccc1. The fourth-order valence-corrected chi connectivity index (χ4v) is 2.16. The van der Waals surface area contributed by atoms with Crippen LogP contribution in [0.2, 0.25) is 0 Å². The van der Waals surface area contributed by atoms with Crippen molar-refractivity contribution >= 4 is 11.8 Å². The van der Waals surface area contributed by atoms with Crippen molar-refractivity contribution in [3.8, 4) is 0 Å². The first-order valence-corrected chi connectivity index (χ1v) is 7.56. The molecule has 23 heavy (non-hydrogen) atoms. The van der Waals surface area contributed by atoms with Gasteiger partial charge < -0.3 is 4.74 Å². The lowest BCUT2D eigenvalue weighted by Gasteiger charge is -2.11. The van der Waals surface area contributed by atoms with Crippen LogP contribution in [0, 0.1) is 0 Å². The number of hydrogen-bond donors (Lipinski definition) is 0. The Labute approximate surface area is 136 Å². The zero-order valence-corrected chi connectivity index (χ0v) is 13.7. The summed E-state index contributed by atoms with van der Waals surface area (Å²) >= 11 is 0. The summed E-state index contributed by atoms with van der Waals surface area (Å²) in [6.07, 6.45) is 6.45. The van der Waals surface area contributed by atoms with Gasteiger partial charge in [0.2, 0.25) is 0 Å². The van der Waals surface area contributed by atoms with Crippen molar-refractivity contribution in [2.24, 2.45) is 4.99 Å². The number of esters is 1. The Bertz CT molecular complexity index is 715. The summed E-state index contributed by atoms with van der Waals surface area (Å²) in [4.78, 5) is 20.3. The molecule has 0 aliphatic heterocycles. The molecule has 0 atom stereocenters. The molecule has 0 fully saturated rings. The molecule has 1 heterocycles. The van der Waals surface area contributed by atoms with Gasteiger partial charge in [-0.25, -0.2) is 9.98 Å². The Kier molecular flexibility index (Phi) is 5.86. The second-order valence-electron chi connectivity index (χ2n) is 4.99. The Balaban J connectivity index is 2.42. The van der Waals surface area contributed by atoms with Gasteiger partial charge in [0.05, 0.1) is 13.5 Å². The summed E-state index contributed by atoms with van der Waals surface area (Å²) in [5, 5.41) is 0. The highest BCUT2D eigenvalue weighted by Crippen LogP contribution is 2.11. The predicted molar refractivity (Wildman–Crippen MR) is 90.4 cm³/mol. The Morgan fingerprint density at radius 1 is 1.35 bits per heavy atom. The second kappa shape index (κ2) is 8.08. The van der Waals surface area contributed by atoms with Crippen LogP contribution in [0.5, 0.6) is 0 Å². The van der Waals surface area contributed by atoms with Crippen LogP contribution < -0.4 is 0 Å². The normalized spacial score (nSPS) is 12.3. The van der Waals surface area contributed by atoms with Gasteiger partial charge in [-0.15, -0.1) is 0 Å². The molecule has 0 bridgehead atoms. The van der Waals surface area contributed by atoms with Gasteiger partial charge >= 0.3 is 5.97 Å². The molecule has 0 saturated carbocycles. The number of aliphatic imine (C=N–C) groups is 1. The second-order valence-corrected chi connectivity index (χ2v) is 4.99. The van der Waals surface area contributed by atoms with Crippen molar-refractivity contribution in [2.45, 2.75) is 26.7 Å². The van der Waals surface area contributed by atoms with E-state index in [0.29, 0.717) is 0 Å². The van der Waals surface area contributed by atoms with Crippen LogP contribution in [0.25, 0.3) is 0 Å². The standard InChI is InChI=1S/C18H21N3O2/c1-4-16-19-12-13-21(16)18(15-8-6-5-7-9-15)20-14(2)10-11-17(22)23-3/h5-10,12-13H,4,11H2,1-3H3/b14-10-,20-18?. The van der Waals surface area contributed by atoms with Crippen molar-refractivity contribution in [1.82, 2.24) is 9.55 Å². The van der Waals surface area contributed by atoms with Crippen LogP contribution in [0.1, 0.15) is 31.7 Å². The fraction of sp³-hybridized carbons (Fsp3) is 0.278. The van der Waals surface area contributed by atoms with Gasteiger partial charge in [0.15, 0.2) is 0 Å². The molecular weight excluding hydrogens is 290 g/mol. The van der Waals surface area contributed by atoms with Gasteiger partial charge in [0, 0.05) is 30.1 Å². The quantitative estimate of drug-likeness (QED) is 0.484. The van der Waals surface area contributed by atoms with Crippen LogP contribution in [-0.4, -0.2) is 28.5 Å². The lowest BCUT2D eigenvalue weighted by atomic mass is 10.2. The number of nitrogens with zero attached hydrogens (tertiary/aromatic N) is 3. The van der Waals surface area contributed by atoms with Crippen molar-refractivity contribution in [2.75, 3.05) is 7.11 Å². The number of allylic oxidation sites excluding steroid dienone is 1. The van der Waals surface area contributed by atoms with E-state index in [-0.39, 0.29) is 12.4 Å². The molecule has 0 amide bonds. The Hall–Kier alpha value is -2.69. The molecule has 2 rings (SSSR count). The molecule has 0 radical (unpaired) electrons. The summed E-state index contributed by atoms with van der Waals surface area (Å²) in [6.45, 7) is 3.93. The summed E-state index contributed by atoms with van der Waals surface area (Å²) in [5.41, 5.74) is 1.75. The van der Waals surface area contributed by atoms with Crippen LogP contribution in [0.15, 0.2) is 59.5 Å². The molecule has 0 unspecified atom stereocenters. The number of rotatable bonds is 5. The molecule has 0 aliphatic rings. The molecule has 0 spiro atoms. The molecule has 2 aromatic rings. The minimum absolute atomic E-state index is 0.207. The average molecular weight is 311 g/mol. The highest BCUT2D eigenvalue weighted by molar-refractivity contribution is 6.01. The number of methoxy groups -OCH3 is 1. The number of aromatic nitrogens is 2. The number of ether oxygens (including phenoxy) is 1. The van der Waals surface area contributed by atoms with Gasteiger partial charge in [-0.3, -0.25) is 9.36 Å². The maximum absolute atomic E-state index is 11.3. The van der Waals surface area contributed by atoms with Crippen LogP contribution >= 0.6 is 0 Å². The third kappa shape index (κ3) is 4.39. The van der Waals surface area contributed by atoms with E-state index in [4.69, 9.17) is 4.99 Å². The molecule has 0 saturated heterocycles. The first kappa shape index (κ1) is 16.7. The Morgan fingerprint density at radius 2 is 2.09 bits per heavy atom. The molecule has 120 valence electrons. The van der Waals surface area contributed by atoms with Gasteiger partial charge in [0.1, 0.15) is 11.7 Å². The number of benzene rings is 1. The maximum Gasteiger partial charge on any atom is 0.309 e. The minimum atomic E-state index is -0.280. The average Bonchev–Trinajstić information content (AvgIpc) is 3.06. The van der Waals surface area contributed by atoms with Crippen molar-refractivity contribution in [3.05, 3.63) is 65.9 Å². The first-order chi connectivity index (χ1) is 11.2. The molecule has 1 aromatic carbocycles. The number of imidazole rings is 1. The smallest absolute Gasteiger partial charge is 0.309 e. The van der Waals surface area contributed by atoms with Gasteiger partial charge in [-0.1, -0.05) is 43.3 Å². The molecular formula is C18H21N3O2. The summed E-state index contributed by atoms with van der Waals surface area (Å²) in [6, 6.07) is 9.93. The molecule has 1 aromatic heterocycles. The number of carbonyl (C=O) groups excluding carboxylic acids is 1. The van der Waals surface area contributed by atoms with E-state index in [2.05, 4.69) is 16.6 Å². The number of hydrogen-bond acceptors (Lipinski definition) is 4. The third-order valence-corrected chi connectivity index (χ3v) is 3.37. The van der Waals surface area contributed by atoms with E-state index in [1.165, 1.54) is 7.11 Å². The van der Waals surface area contributed by atoms with E-state index in [1.807, 2.05) is 48.0 Å². The topological polar surface area (TPSA) is 56.5 Å². The third-order valence-electron chi connectivity index (χ3n) is 3.37. The minimum Gasteiger partial charge on any atom is -0.469 e. The van der Waals surface area contributed by atoms with Crippen molar-refractivity contribution in [3.63, 3.8) is 0 Å². The largest absolute Gasteiger partial charge is 0.469 e. The zero-order valence-electron chi connectivity index (χ0n) is 13.7. The zero-order chi connectivity index (χ0) is 16.7. The van der Waals surface area contributed by atoms with E-state index in [0.717, 1.165) is 29.3 Å². The first-order valence-electron chi connectivity index (χ1n) is 7.56. The van der Waals surface area contributed by atoms with Gasteiger partial charge in [0.25, 0.3) is 0 Å². The summed E-state index contributed by atoms with van der Waals surface area (Å²) < 4.78 is 6.63. The molecule has 5 nitrogen and oxygen atoms in total. The molecule has 0 aliphatic carbocycles. The highest BCUT2D eigenvalue weighted by Gasteiger charge is 2.10. The molecule has 5 heteroatoms. The van der Waals surface area contributed by atoms with Crippen molar-refractivity contribution < 1.29 is 9.53 Å². The molecule has 0 N–H and O–H groups in total. The van der Waals surface area contributed by atoms with E-state index in [1.54, 1.807) is 12.3 Å².